The van der Waals surface area contributed by atoms with Gasteiger partial charge in [-0.25, -0.2) is 4.39 Å². The Hall–Kier alpha value is -3.47. The topological polar surface area (TPSA) is 74.6 Å². The first kappa shape index (κ1) is 16.4. The number of halogens is 1. The van der Waals surface area contributed by atoms with Gasteiger partial charge in [0.15, 0.2) is 11.5 Å². The quantitative estimate of drug-likeness (QED) is 0.837. The Morgan fingerprint density at radius 2 is 1.40 bits per heavy atom. The molecule has 4 nitrogen and oxygen atoms in total. The Bertz CT molecular complexity index is 935. The molecule has 0 aromatic heterocycles. The van der Waals surface area contributed by atoms with Crippen molar-refractivity contribution in [1.82, 2.24) is 0 Å². The van der Waals surface area contributed by atoms with Crippen LogP contribution in [0.4, 0.5) is 4.39 Å². The van der Waals surface area contributed by atoms with Crippen LogP contribution in [0.25, 0.3) is 11.6 Å². The van der Waals surface area contributed by atoms with Crippen molar-refractivity contribution in [2.75, 3.05) is 0 Å². The Balaban J connectivity index is 1.98. The zero-order valence-corrected chi connectivity index (χ0v) is 12.9. The van der Waals surface area contributed by atoms with Gasteiger partial charge in [0.1, 0.15) is 5.82 Å². The molecule has 0 radical (unpaired) electrons. The fraction of sp³-hybridized carbons (Fsp3) is 0. The highest BCUT2D eigenvalue weighted by atomic mass is 19.1. The largest absolute Gasteiger partial charge is 0.504 e. The number of ketones is 2. The van der Waals surface area contributed by atoms with E-state index in [1.165, 1.54) is 36.4 Å². The molecule has 0 fully saturated rings. The van der Waals surface area contributed by atoms with E-state index in [2.05, 4.69) is 0 Å². The van der Waals surface area contributed by atoms with E-state index in [9.17, 15) is 24.2 Å². The van der Waals surface area contributed by atoms with E-state index in [4.69, 9.17) is 0 Å². The van der Waals surface area contributed by atoms with Gasteiger partial charge in [0.25, 0.3) is 0 Å². The fourth-order valence-corrected chi connectivity index (χ4v) is 2.48. The van der Waals surface area contributed by atoms with E-state index in [0.717, 1.165) is 0 Å². The second-order valence-electron chi connectivity index (χ2n) is 5.40. The number of benzene rings is 2. The monoisotopic (exact) mass is 336 g/mol. The second-order valence-corrected chi connectivity index (χ2v) is 5.40. The molecule has 0 spiro atoms. The summed E-state index contributed by atoms with van der Waals surface area (Å²) in [5.74, 6) is -3.54. The summed E-state index contributed by atoms with van der Waals surface area (Å²) < 4.78 is 12.9. The number of aliphatic hydroxyl groups is 2. The van der Waals surface area contributed by atoms with E-state index < -0.39 is 28.9 Å². The maximum Gasteiger partial charge on any atom is 0.232 e. The minimum Gasteiger partial charge on any atom is -0.504 e. The molecular formula is C20H13FO4. The van der Waals surface area contributed by atoms with Gasteiger partial charge < -0.3 is 10.2 Å². The van der Waals surface area contributed by atoms with Crippen LogP contribution in [0, 0.1) is 5.82 Å². The number of aliphatic hydroxyl groups excluding tert-OH is 2. The predicted molar refractivity (Wildman–Crippen MR) is 91.1 cm³/mol. The van der Waals surface area contributed by atoms with E-state index in [-0.39, 0.29) is 11.1 Å². The Morgan fingerprint density at radius 3 is 2.04 bits per heavy atom. The van der Waals surface area contributed by atoms with Crippen molar-refractivity contribution < 1.29 is 24.2 Å². The summed E-state index contributed by atoms with van der Waals surface area (Å²) in [5, 5.41) is 20.3. The third-order valence-corrected chi connectivity index (χ3v) is 3.77. The van der Waals surface area contributed by atoms with Crippen molar-refractivity contribution in [2.45, 2.75) is 0 Å². The van der Waals surface area contributed by atoms with Gasteiger partial charge in [0, 0.05) is 0 Å². The van der Waals surface area contributed by atoms with Gasteiger partial charge >= 0.3 is 0 Å². The molecule has 3 rings (SSSR count). The van der Waals surface area contributed by atoms with E-state index >= 15 is 0 Å². The molecule has 0 unspecified atom stereocenters. The van der Waals surface area contributed by atoms with Crippen molar-refractivity contribution >= 4 is 23.2 Å². The normalized spacial score (nSPS) is 15.4. The van der Waals surface area contributed by atoms with Crippen LogP contribution in [0.2, 0.25) is 0 Å². The lowest BCUT2D eigenvalue weighted by Crippen LogP contribution is -2.22. The number of Topliss-reactive ketones (excluding diaryl/α,β-unsaturated/α-hetero) is 2. The zero-order chi connectivity index (χ0) is 18.0. The smallest absolute Gasteiger partial charge is 0.232 e. The van der Waals surface area contributed by atoms with E-state index in [1.807, 2.05) is 0 Å². The van der Waals surface area contributed by atoms with Gasteiger partial charge in [-0.2, -0.15) is 0 Å². The summed E-state index contributed by atoms with van der Waals surface area (Å²) in [4.78, 5) is 24.7. The van der Waals surface area contributed by atoms with Gasteiger partial charge in [-0.1, -0.05) is 48.5 Å². The van der Waals surface area contributed by atoms with Crippen LogP contribution in [0.5, 0.6) is 0 Å². The van der Waals surface area contributed by atoms with Gasteiger partial charge in [0.05, 0.1) is 11.1 Å². The second kappa shape index (κ2) is 6.57. The summed E-state index contributed by atoms with van der Waals surface area (Å²) in [6.45, 7) is 0. The molecule has 124 valence electrons. The fourth-order valence-electron chi connectivity index (χ4n) is 2.48. The lowest BCUT2D eigenvalue weighted by Gasteiger charge is -2.16. The highest BCUT2D eigenvalue weighted by Crippen LogP contribution is 2.30. The number of hydrogen-bond donors (Lipinski definition) is 2. The number of rotatable bonds is 3. The van der Waals surface area contributed by atoms with Crippen molar-refractivity contribution in [3.8, 4) is 0 Å². The molecule has 1 aliphatic carbocycles. The summed E-state index contributed by atoms with van der Waals surface area (Å²) in [6.07, 6.45) is 2.66. The van der Waals surface area contributed by atoms with Crippen LogP contribution < -0.4 is 0 Å². The predicted octanol–water partition coefficient (Wildman–Crippen LogP) is 3.77. The minimum absolute atomic E-state index is 0.234. The molecule has 2 aromatic carbocycles. The molecular weight excluding hydrogens is 323 g/mol. The van der Waals surface area contributed by atoms with Crippen molar-refractivity contribution in [2.24, 2.45) is 0 Å². The lowest BCUT2D eigenvalue weighted by molar-refractivity contribution is -0.118. The van der Waals surface area contributed by atoms with Crippen LogP contribution in [0.3, 0.4) is 0 Å². The average Bonchev–Trinajstić information content (AvgIpc) is 2.63. The molecule has 0 bridgehead atoms. The van der Waals surface area contributed by atoms with E-state index in [1.54, 1.807) is 30.3 Å². The number of carbonyl (C=O) groups excluding carboxylic acids is 2. The van der Waals surface area contributed by atoms with Gasteiger partial charge in [-0.3, -0.25) is 9.59 Å². The Kier molecular flexibility index (Phi) is 4.31. The van der Waals surface area contributed by atoms with Crippen molar-refractivity contribution in [3.63, 3.8) is 0 Å². The van der Waals surface area contributed by atoms with Crippen molar-refractivity contribution in [1.29, 1.82) is 0 Å². The minimum atomic E-state index is -0.852. The van der Waals surface area contributed by atoms with E-state index in [0.29, 0.717) is 11.1 Å². The summed E-state index contributed by atoms with van der Waals surface area (Å²) in [5.41, 5.74) is 0.360. The van der Waals surface area contributed by atoms with Gasteiger partial charge in [-0.15, -0.1) is 0 Å². The zero-order valence-electron chi connectivity index (χ0n) is 12.9. The maximum atomic E-state index is 12.9. The molecule has 25 heavy (non-hydrogen) atoms. The van der Waals surface area contributed by atoms with Crippen LogP contribution in [-0.4, -0.2) is 21.8 Å². The molecule has 0 atom stereocenters. The van der Waals surface area contributed by atoms with Gasteiger partial charge in [-0.05, 0) is 29.3 Å². The van der Waals surface area contributed by atoms with Gasteiger partial charge in [0.2, 0.25) is 11.6 Å². The first-order valence-corrected chi connectivity index (χ1v) is 7.44. The molecule has 5 heteroatoms. The third kappa shape index (κ3) is 3.12. The summed E-state index contributed by atoms with van der Waals surface area (Å²) >= 11 is 0. The molecule has 0 saturated carbocycles. The summed E-state index contributed by atoms with van der Waals surface area (Å²) in [6, 6.07) is 13.6. The highest BCUT2D eigenvalue weighted by molar-refractivity contribution is 6.38. The first-order valence-electron chi connectivity index (χ1n) is 7.44. The third-order valence-electron chi connectivity index (χ3n) is 3.77. The molecule has 0 saturated heterocycles. The standard InChI is InChI=1S/C20H13FO4/c21-14-9-6-12(7-10-14)8-11-15-17(22)19(24)16(20(25)18(15)23)13-4-2-1-3-5-13/h1-11,22,25H. The summed E-state index contributed by atoms with van der Waals surface area (Å²) in [7, 11) is 0. The highest BCUT2D eigenvalue weighted by Gasteiger charge is 2.34. The maximum absolute atomic E-state index is 12.9. The number of hydrogen-bond acceptors (Lipinski definition) is 4. The molecule has 1 aliphatic rings. The Labute approximate surface area is 142 Å². The molecule has 0 amide bonds. The average molecular weight is 336 g/mol. The Morgan fingerprint density at radius 1 is 0.760 bits per heavy atom. The molecule has 2 N–H and O–H groups in total. The first-order chi connectivity index (χ1) is 12.0. The van der Waals surface area contributed by atoms with Crippen LogP contribution in [0.1, 0.15) is 11.1 Å². The van der Waals surface area contributed by atoms with Crippen LogP contribution in [-0.2, 0) is 9.59 Å². The van der Waals surface area contributed by atoms with Crippen LogP contribution >= 0.6 is 0 Å². The lowest BCUT2D eigenvalue weighted by atomic mass is 9.89. The molecule has 2 aromatic rings. The number of allylic oxidation sites excluding steroid dienone is 3. The molecule has 0 aliphatic heterocycles. The van der Waals surface area contributed by atoms with Crippen molar-refractivity contribution in [3.05, 3.63) is 94.7 Å². The number of carbonyl (C=O) groups is 2. The molecule has 0 heterocycles. The SMILES string of the molecule is O=C1C(O)=C(c2ccccc2)C(=O)C(O)=C1C=Cc1ccc(F)cc1. The van der Waals surface area contributed by atoms with Crippen LogP contribution in [0.15, 0.2) is 77.8 Å².